The van der Waals surface area contributed by atoms with Gasteiger partial charge in [0.1, 0.15) is 5.01 Å². The smallest absolute Gasteiger partial charge is 0.207 e. The largest absolute Gasteiger partial charge is 0.394 e. The average Bonchev–Trinajstić information content (AvgIpc) is 2.64. The summed E-state index contributed by atoms with van der Waals surface area (Å²) in [5.41, 5.74) is 0. The summed E-state index contributed by atoms with van der Waals surface area (Å²) in [6, 6.07) is 0. The maximum Gasteiger partial charge on any atom is 0.207 e. The first kappa shape index (κ1) is 11.2. The summed E-state index contributed by atoms with van der Waals surface area (Å²) in [5, 5.41) is 17.6. The average molecular weight is 250 g/mol. The fraction of sp³-hybridized carbons (Fsp3) is 0.750. The second-order valence-corrected chi connectivity index (χ2v) is 5.00. The Balaban J connectivity index is 1.88. The van der Waals surface area contributed by atoms with E-state index in [2.05, 4.69) is 15.1 Å². The Hall–Kier alpha value is -0.270. The minimum atomic E-state index is -0.0813. The Morgan fingerprint density at radius 2 is 2.47 bits per heavy atom. The third-order valence-corrected chi connectivity index (χ3v) is 3.23. The second-order valence-electron chi connectivity index (χ2n) is 3.36. The number of morpholine rings is 1. The molecule has 0 radical (unpaired) electrons. The van der Waals surface area contributed by atoms with E-state index in [9.17, 15) is 0 Å². The molecule has 1 unspecified atom stereocenters. The van der Waals surface area contributed by atoms with Gasteiger partial charge in [-0.25, -0.2) is 0 Å². The van der Waals surface area contributed by atoms with E-state index in [1.54, 1.807) is 0 Å². The number of ether oxygens (including phenoxy) is 1. The molecule has 1 aromatic heterocycles. The third kappa shape index (κ3) is 3.09. The number of halogens is 1. The van der Waals surface area contributed by atoms with Crippen LogP contribution in [0.1, 0.15) is 5.01 Å². The van der Waals surface area contributed by atoms with Crippen molar-refractivity contribution in [2.24, 2.45) is 0 Å². The molecular weight excluding hydrogens is 238 g/mol. The molecule has 0 aliphatic carbocycles. The first-order valence-electron chi connectivity index (χ1n) is 4.70. The molecule has 1 atom stereocenters. The fourth-order valence-electron chi connectivity index (χ4n) is 1.52. The first-order valence-corrected chi connectivity index (χ1v) is 5.90. The molecule has 2 heterocycles. The van der Waals surface area contributed by atoms with Crippen molar-refractivity contribution in [3.63, 3.8) is 0 Å². The number of aromatic nitrogens is 2. The van der Waals surface area contributed by atoms with Crippen LogP contribution in [0.3, 0.4) is 0 Å². The van der Waals surface area contributed by atoms with Crippen LogP contribution in [-0.2, 0) is 11.3 Å². The number of hydrogen-bond donors (Lipinski definition) is 1. The van der Waals surface area contributed by atoms with Crippen LogP contribution in [0.2, 0.25) is 4.47 Å². The van der Waals surface area contributed by atoms with Crippen LogP contribution in [0.4, 0.5) is 0 Å². The lowest BCUT2D eigenvalue weighted by Gasteiger charge is -2.31. The van der Waals surface area contributed by atoms with E-state index < -0.39 is 0 Å². The highest BCUT2D eigenvalue weighted by Gasteiger charge is 2.20. The second kappa shape index (κ2) is 5.18. The van der Waals surface area contributed by atoms with Crippen molar-refractivity contribution in [2.75, 3.05) is 26.3 Å². The van der Waals surface area contributed by atoms with E-state index in [1.807, 2.05) is 0 Å². The Kier molecular flexibility index (Phi) is 3.87. The number of rotatable bonds is 3. The summed E-state index contributed by atoms with van der Waals surface area (Å²) < 4.78 is 5.82. The van der Waals surface area contributed by atoms with Gasteiger partial charge in [-0.3, -0.25) is 4.90 Å². The van der Waals surface area contributed by atoms with Crippen molar-refractivity contribution in [2.45, 2.75) is 12.6 Å². The summed E-state index contributed by atoms with van der Waals surface area (Å²) >= 11 is 7.08. The van der Waals surface area contributed by atoms with E-state index >= 15 is 0 Å². The zero-order chi connectivity index (χ0) is 10.7. The Morgan fingerprint density at radius 1 is 1.60 bits per heavy atom. The molecule has 84 valence electrons. The summed E-state index contributed by atoms with van der Waals surface area (Å²) in [6.07, 6.45) is -0.0813. The summed E-state index contributed by atoms with van der Waals surface area (Å²) in [7, 11) is 0. The molecule has 15 heavy (non-hydrogen) atoms. The van der Waals surface area contributed by atoms with E-state index in [-0.39, 0.29) is 12.7 Å². The van der Waals surface area contributed by atoms with Crippen LogP contribution in [0.25, 0.3) is 0 Å². The quantitative estimate of drug-likeness (QED) is 0.840. The summed E-state index contributed by atoms with van der Waals surface area (Å²) in [4.78, 5) is 2.18. The molecular formula is C8H12ClN3O2S. The molecule has 1 aliphatic heterocycles. The van der Waals surface area contributed by atoms with Crippen LogP contribution in [0, 0.1) is 0 Å². The monoisotopic (exact) mass is 249 g/mol. The lowest BCUT2D eigenvalue weighted by atomic mass is 10.3. The van der Waals surface area contributed by atoms with Gasteiger partial charge in [0.05, 0.1) is 25.9 Å². The van der Waals surface area contributed by atoms with Gasteiger partial charge in [-0.15, -0.1) is 10.2 Å². The maximum absolute atomic E-state index is 8.98. The molecule has 0 spiro atoms. The maximum atomic E-state index is 8.98. The van der Waals surface area contributed by atoms with Gasteiger partial charge in [-0.2, -0.15) is 0 Å². The van der Waals surface area contributed by atoms with Gasteiger partial charge >= 0.3 is 0 Å². The topological polar surface area (TPSA) is 58.5 Å². The predicted octanol–water partition coefficient (Wildman–Crippen LogP) is 0.385. The lowest BCUT2D eigenvalue weighted by Crippen LogP contribution is -2.43. The van der Waals surface area contributed by atoms with Crippen LogP contribution < -0.4 is 0 Å². The van der Waals surface area contributed by atoms with Crippen LogP contribution in [0.15, 0.2) is 0 Å². The van der Waals surface area contributed by atoms with Gasteiger partial charge in [0.15, 0.2) is 0 Å². The lowest BCUT2D eigenvalue weighted by molar-refractivity contribution is -0.0551. The van der Waals surface area contributed by atoms with E-state index in [1.165, 1.54) is 11.3 Å². The Morgan fingerprint density at radius 3 is 3.13 bits per heavy atom. The highest BCUT2D eigenvalue weighted by Crippen LogP contribution is 2.17. The zero-order valence-electron chi connectivity index (χ0n) is 8.10. The number of nitrogens with zero attached hydrogens (tertiary/aromatic N) is 3. The number of aliphatic hydroxyl groups excluding tert-OH is 1. The normalized spacial score (nSPS) is 23.2. The molecule has 5 nitrogen and oxygen atoms in total. The van der Waals surface area contributed by atoms with Crippen LogP contribution in [0.5, 0.6) is 0 Å². The van der Waals surface area contributed by atoms with Crippen molar-refractivity contribution >= 4 is 22.9 Å². The van der Waals surface area contributed by atoms with Gasteiger partial charge in [0.2, 0.25) is 4.47 Å². The third-order valence-electron chi connectivity index (χ3n) is 2.23. The highest BCUT2D eigenvalue weighted by atomic mass is 35.5. The van der Waals surface area contributed by atoms with Crippen molar-refractivity contribution in [3.8, 4) is 0 Å². The van der Waals surface area contributed by atoms with Crippen molar-refractivity contribution < 1.29 is 9.84 Å². The van der Waals surface area contributed by atoms with E-state index in [0.717, 1.165) is 24.6 Å². The molecule has 1 fully saturated rings. The zero-order valence-corrected chi connectivity index (χ0v) is 9.67. The summed E-state index contributed by atoms with van der Waals surface area (Å²) in [5.74, 6) is 0. The van der Waals surface area contributed by atoms with Crippen LogP contribution in [-0.4, -0.2) is 52.6 Å². The number of hydrogen-bond acceptors (Lipinski definition) is 6. The molecule has 0 aromatic carbocycles. The standard InChI is InChI=1S/C8H12ClN3O2S/c9-8-11-10-7(15-8)4-12-1-2-14-6(3-12)5-13/h6,13H,1-5H2. The number of aliphatic hydroxyl groups is 1. The van der Waals surface area contributed by atoms with Crippen LogP contribution >= 0.6 is 22.9 Å². The minimum absolute atomic E-state index is 0.0629. The Bertz CT molecular complexity index is 323. The SMILES string of the molecule is OCC1CN(Cc2nnc(Cl)s2)CCO1. The van der Waals surface area contributed by atoms with E-state index in [4.69, 9.17) is 21.4 Å². The minimum Gasteiger partial charge on any atom is -0.394 e. The van der Waals surface area contributed by atoms with Crippen molar-refractivity contribution in [1.82, 2.24) is 15.1 Å². The van der Waals surface area contributed by atoms with Gasteiger partial charge in [0.25, 0.3) is 0 Å². The Labute approximate surface area is 96.6 Å². The molecule has 2 rings (SSSR count). The molecule has 0 bridgehead atoms. The molecule has 1 aromatic rings. The van der Waals surface area contributed by atoms with Gasteiger partial charge in [0, 0.05) is 13.1 Å². The molecule has 1 saturated heterocycles. The molecule has 1 N–H and O–H groups in total. The van der Waals surface area contributed by atoms with Gasteiger partial charge < -0.3 is 9.84 Å². The molecule has 0 amide bonds. The first-order chi connectivity index (χ1) is 7.28. The summed E-state index contributed by atoms with van der Waals surface area (Å²) in [6.45, 7) is 3.02. The van der Waals surface area contributed by atoms with E-state index in [0.29, 0.717) is 11.1 Å². The molecule has 1 aliphatic rings. The fourth-order valence-corrected chi connectivity index (χ4v) is 2.43. The van der Waals surface area contributed by atoms with Gasteiger partial charge in [-0.05, 0) is 11.6 Å². The van der Waals surface area contributed by atoms with Crippen molar-refractivity contribution in [1.29, 1.82) is 0 Å². The molecule has 7 heteroatoms. The van der Waals surface area contributed by atoms with Crippen molar-refractivity contribution in [3.05, 3.63) is 9.47 Å². The van der Waals surface area contributed by atoms with Gasteiger partial charge in [-0.1, -0.05) is 11.3 Å². The highest BCUT2D eigenvalue weighted by molar-refractivity contribution is 7.15. The predicted molar refractivity (Wildman–Crippen MR) is 57.0 cm³/mol. The molecule has 0 saturated carbocycles.